The van der Waals surface area contributed by atoms with Crippen LogP contribution in [-0.2, 0) is 11.8 Å². The second-order valence-electron chi connectivity index (χ2n) is 5.66. The second-order valence-corrected chi connectivity index (χ2v) is 5.66. The zero-order valence-electron chi connectivity index (χ0n) is 13.1. The molecule has 6 nitrogen and oxygen atoms in total. The van der Waals surface area contributed by atoms with Crippen LogP contribution in [0.3, 0.4) is 0 Å². The van der Waals surface area contributed by atoms with E-state index in [0.29, 0.717) is 30.7 Å². The largest absolute Gasteiger partial charge is 0.358 e. The number of carbonyl (C=O) groups is 2. The van der Waals surface area contributed by atoms with Gasteiger partial charge in [-0.1, -0.05) is 0 Å². The first-order valence-electron chi connectivity index (χ1n) is 7.50. The molecule has 2 heterocycles. The molecule has 1 saturated heterocycles. The lowest BCUT2D eigenvalue weighted by Crippen LogP contribution is -2.58. The van der Waals surface area contributed by atoms with Crippen molar-refractivity contribution in [1.29, 1.82) is 0 Å². The minimum absolute atomic E-state index is 0.137. The molecule has 122 valence electrons. The fraction of sp³-hybridized carbons (Fsp3) is 0.375. The maximum atomic E-state index is 13.4. The van der Waals surface area contributed by atoms with E-state index in [9.17, 15) is 14.0 Å². The molecule has 1 aromatic heterocycles. The van der Waals surface area contributed by atoms with Gasteiger partial charge in [-0.15, -0.1) is 0 Å². The van der Waals surface area contributed by atoms with E-state index in [-0.39, 0.29) is 17.6 Å². The van der Waals surface area contributed by atoms with Gasteiger partial charge in [0.15, 0.2) is 0 Å². The van der Waals surface area contributed by atoms with Crippen LogP contribution in [0.4, 0.5) is 4.39 Å². The summed E-state index contributed by atoms with van der Waals surface area (Å²) in [5, 5.41) is 6.37. The van der Waals surface area contributed by atoms with Crippen LogP contribution < -0.4 is 10.6 Å². The van der Waals surface area contributed by atoms with Crippen molar-refractivity contribution in [3.05, 3.63) is 35.8 Å². The number of nitrogens with one attached hydrogen (secondary N) is 2. The molecule has 2 aromatic rings. The molecule has 23 heavy (non-hydrogen) atoms. The zero-order chi connectivity index (χ0) is 16.6. The smallest absolute Gasteiger partial charge is 0.270 e. The first-order valence-corrected chi connectivity index (χ1v) is 7.50. The minimum atomic E-state index is -0.412. The standard InChI is InChI=1S/C16H19FN4O2/c1-18-15(22)12-9-21(6-5-19-12)16(23)14-8-10-7-11(17)3-4-13(10)20(14)2/h3-4,7-8,12,19H,5-6,9H2,1-2H3,(H,18,22)/t12-/m1/s1. The van der Waals surface area contributed by atoms with Gasteiger partial charge in [0.25, 0.3) is 5.91 Å². The number of carbonyl (C=O) groups excluding carboxylic acids is 2. The molecule has 1 atom stereocenters. The number of likely N-dealkylation sites (N-methyl/N-ethyl adjacent to an activating group) is 1. The Morgan fingerprint density at radius 3 is 2.87 bits per heavy atom. The minimum Gasteiger partial charge on any atom is -0.358 e. The molecular weight excluding hydrogens is 299 g/mol. The molecular formula is C16H19FN4O2. The van der Waals surface area contributed by atoms with Gasteiger partial charge < -0.3 is 20.1 Å². The third kappa shape index (κ3) is 2.79. The summed E-state index contributed by atoms with van der Waals surface area (Å²) in [4.78, 5) is 26.2. The molecule has 0 aliphatic carbocycles. The van der Waals surface area contributed by atoms with Crippen LogP contribution >= 0.6 is 0 Å². The highest BCUT2D eigenvalue weighted by molar-refractivity contribution is 5.99. The lowest BCUT2D eigenvalue weighted by Gasteiger charge is -2.32. The number of hydrogen-bond donors (Lipinski definition) is 2. The first kappa shape index (κ1) is 15.5. The summed E-state index contributed by atoms with van der Waals surface area (Å²) in [5.41, 5.74) is 1.29. The predicted octanol–water partition coefficient (Wildman–Crippen LogP) is 0.477. The SMILES string of the molecule is CNC(=O)[C@H]1CN(C(=O)c2cc3cc(F)ccc3n2C)CCN1. The van der Waals surface area contributed by atoms with Crippen molar-refractivity contribution >= 4 is 22.7 Å². The molecule has 7 heteroatoms. The van der Waals surface area contributed by atoms with E-state index in [1.807, 2.05) is 0 Å². The van der Waals surface area contributed by atoms with E-state index < -0.39 is 6.04 Å². The molecule has 0 spiro atoms. The number of rotatable bonds is 2. The Morgan fingerprint density at radius 2 is 2.13 bits per heavy atom. The van der Waals surface area contributed by atoms with Gasteiger partial charge in [0, 0.05) is 44.6 Å². The number of fused-ring (bicyclic) bond motifs is 1. The summed E-state index contributed by atoms with van der Waals surface area (Å²) in [6.07, 6.45) is 0. The number of piperazine rings is 1. The Bertz CT molecular complexity index is 771. The quantitative estimate of drug-likeness (QED) is 0.846. The van der Waals surface area contributed by atoms with Gasteiger partial charge in [0.05, 0.1) is 0 Å². The summed E-state index contributed by atoms with van der Waals surface area (Å²) in [6.45, 7) is 1.40. The molecule has 3 rings (SSSR count). The summed E-state index contributed by atoms with van der Waals surface area (Å²) in [6, 6.07) is 5.73. The lowest BCUT2D eigenvalue weighted by molar-refractivity contribution is -0.123. The highest BCUT2D eigenvalue weighted by Gasteiger charge is 2.29. The Hall–Kier alpha value is -2.41. The molecule has 0 bridgehead atoms. The monoisotopic (exact) mass is 318 g/mol. The summed E-state index contributed by atoms with van der Waals surface area (Å²) < 4.78 is 15.1. The van der Waals surface area contributed by atoms with Crippen molar-refractivity contribution in [2.75, 3.05) is 26.7 Å². The van der Waals surface area contributed by atoms with E-state index in [0.717, 1.165) is 5.52 Å². The Morgan fingerprint density at radius 1 is 1.35 bits per heavy atom. The van der Waals surface area contributed by atoms with Crippen LogP contribution in [0.1, 0.15) is 10.5 Å². The molecule has 0 unspecified atom stereocenters. The molecule has 2 N–H and O–H groups in total. The molecule has 1 aliphatic rings. The highest BCUT2D eigenvalue weighted by Crippen LogP contribution is 2.21. The molecule has 1 aromatic carbocycles. The number of amides is 2. The maximum absolute atomic E-state index is 13.4. The summed E-state index contributed by atoms with van der Waals surface area (Å²) in [7, 11) is 3.36. The van der Waals surface area contributed by atoms with Gasteiger partial charge in [0.1, 0.15) is 17.6 Å². The van der Waals surface area contributed by atoms with Crippen molar-refractivity contribution in [2.24, 2.45) is 7.05 Å². The van der Waals surface area contributed by atoms with Crippen molar-refractivity contribution in [1.82, 2.24) is 20.1 Å². The second kappa shape index (κ2) is 6.00. The normalized spacial score (nSPS) is 18.2. The Kier molecular flexibility index (Phi) is 4.04. The molecule has 0 radical (unpaired) electrons. The average Bonchev–Trinajstić information content (AvgIpc) is 2.89. The number of aromatic nitrogens is 1. The lowest BCUT2D eigenvalue weighted by atomic mass is 10.2. The predicted molar refractivity (Wildman–Crippen MR) is 84.6 cm³/mol. The number of benzene rings is 1. The van der Waals surface area contributed by atoms with Crippen molar-refractivity contribution in [3.8, 4) is 0 Å². The van der Waals surface area contributed by atoms with Crippen LogP contribution in [0.25, 0.3) is 10.9 Å². The summed E-state index contributed by atoms with van der Waals surface area (Å²) >= 11 is 0. The van der Waals surface area contributed by atoms with Crippen LogP contribution in [0.2, 0.25) is 0 Å². The van der Waals surface area contributed by atoms with E-state index in [1.165, 1.54) is 12.1 Å². The average molecular weight is 318 g/mol. The van der Waals surface area contributed by atoms with Gasteiger partial charge in [-0.05, 0) is 24.3 Å². The van der Waals surface area contributed by atoms with E-state index in [4.69, 9.17) is 0 Å². The molecule has 1 aliphatic heterocycles. The van der Waals surface area contributed by atoms with Gasteiger partial charge in [0.2, 0.25) is 5.91 Å². The Balaban J connectivity index is 1.88. The van der Waals surface area contributed by atoms with Crippen LogP contribution in [0.5, 0.6) is 0 Å². The third-order valence-electron chi connectivity index (χ3n) is 4.25. The van der Waals surface area contributed by atoms with E-state index in [2.05, 4.69) is 10.6 Å². The molecule has 0 saturated carbocycles. The van der Waals surface area contributed by atoms with Crippen molar-refractivity contribution < 1.29 is 14.0 Å². The number of aryl methyl sites for hydroxylation is 1. The zero-order valence-corrected chi connectivity index (χ0v) is 13.1. The topological polar surface area (TPSA) is 66.4 Å². The van der Waals surface area contributed by atoms with Crippen molar-refractivity contribution in [3.63, 3.8) is 0 Å². The van der Waals surface area contributed by atoms with Crippen LogP contribution in [-0.4, -0.2) is 54.0 Å². The number of hydrogen-bond acceptors (Lipinski definition) is 3. The third-order valence-corrected chi connectivity index (χ3v) is 4.25. The fourth-order valence-electron chi connectivity index (χ4n) is 2.97. The summed E-state index contributed by atoms with van der Waals surface area (Å²) in [5.74, 6) is -0.620. The highest BCUT2D eigenvalue weighted by atomic mass is 19.1. The fourth-order valence-corrected chi connectivity index (χ4v) is 2.97. The van der Waals surface area contributed by atoms with Gasteiger partial charge >= 0.3 is 0 Å². The van der Waals surface area contributed by atoms with Gasteiger partial charge in [-0.25, -0.2) is 4.39 Å². The van der Waals surface area contributed by atoms with Crippen LogP contribution in [0.15, 0.2) is 24.3 Å². The van der Waals surface area contributed by atoms with Crippen LogP contribution in [0, 0.1) is 5.82 Å². The Labute approximate surface area is 133 Å². The van der Waals surface area contributed by atoms with Gasteiger partial charge in [-0.3, -0.25) is 9.59 Å². The maximum Gasteiger partial charge on any atom is 0.270 e. The van der Waals surface area contributed by atoms with Crippen molar-refractivity contribution in [2.45, 2.75) is 6.04 Å². The number of halogens is 1. The van der Waals surface area contributed by atoms with Gasteiger partial charge in [-0.2, -0.15) is 0 Å². The molecule has 1 fully saturated rings. The number of nitrogens with zero attached hydrogens (tertiary/aromatic N) is 2. The molecule has 2 amide bonds. The van der Waals surface area contributed by atoms with E-state index >= 15 is 0 Å². The first-order chi connectivity index (χ1) is 11.0. The van der Waals surface area contributed by atoms with E-state index in [1.54, 1.807) is 35.7 Å².